The molecule has 0 saturated carbocycles. The number of aromatic nitrogens is 3. The number of hydrogen-bond donors (Lipinski definition) is 1. The summed E-state index contributed by atoms with van der Waals surface area (Å²) in [5.74, 6) is 0.270. The van der Waals surface area contributed by atoms with Crippen molar-refractivity contribution in [2.45, 2.75) is 10.9 Å². The average Bonchev–Trinajstić information content (AvgIpc) is 3.16. The fourth-order valence-corrected chi connectivity index (χ4v) is 4.23. The molecule has 8 heteroatoms. The second-order valence-corrected chi connectivity index (χ2v) is 8.18. The van der Waals surface area contributed by atoms with Gasteiger partial charge < -0.3 is 5.11 Å². The minimum atomic E-state index is -0.945. The maximum atomic E-state index is 11.0. The second kappa shape index (κ2) is 8.92. The SMILES string of the molecule is O=C(O)c1ccc(CSc2nnc(-c3ccccc3Cl)n2-c2cccc(Cl)c2)cc1. The van der Waals surface area contributed by atoms with Gasteiger partial charge in [0.25, 0.3) is 0 Å². The number of halogens is 2. The Morgan fingerprint density at radius 3 is 2.43 bits per heavy atom. The first-order valence-electron chi connectivity index (χ1n) is 8.94. The summed E-state index contributed by atoms with van der Waals surface area (Å²) in [6.07, 6.45) is 0. The van der Waals surface area contributed by atoms with Gasteiger partial charge in [-0.1, -0.05) is 65.3 Å². The first-order chi connectivity index (χ1) is 14.5. The Bertz CT molecular complexity index is 1210. The fraction of sp³-hybridized carbons (Fsp3) is 0.0455. The molecule has 0 unspecified atom stereocenters. The number of rotatable bonds is 6. The summed E-state index contributed by atoms with van der Waals surface area (Å²) in [6.45, 7) is 0. The molecule has 0 bridgehead atoms. The van der Waals surface area contributed by atoms with Crippen molar-refractivity contribution in [2.75, 3.05) is 0 Å². The molecule has 4 aromatic rings. The van der Waals surface area contributed by atoms with Gasteiger partial charge in [-0.2, -0.15) is 0 Å². The highest BCUT2D eigenvalue weighted by Crippen LogP contribution is 2.33. The van der Waals surface area contributed by atoms with Gasteiger partial charge in [-0.15, -0.1) is 10.2 Å². The maximum absolute atomic E-state index is 11.0. The minimum Gasteiger partial charge on any atom is -0.478 e. The Morgan fingerprint density at radius 1 is 0.967 bits per heavy atom. The molecule has 5 nitrogen and oxygen atoms in total. The third-order valence-corrected chi connectivity index (χ3v) is 5.95. The van der Waals surface area contributed by atoms with E-state index in [9.17, 15) is 4.79 Å². The van der Waals surface area contributed by atoms with Gasteiger partial charge in [0.1, 0.15) is 0 Å². The van der Waals surface area contributed by atoms with Gasteiger partial charge >= 0.3 is 5.97 Å². The van der Waals surface area contributed by atoms with Crippen LogP contribution >= 0.6 is 35.0 Å². The second-order valence-electron chi connectivity index (χ2n) is 6.39. The number of aromatic carboxylic acids is 1. The molecule has 1 aromatic heterocycles. The molecule has 0 fully saturated rings. The molecule has 0 aliphatic heterocycles. The van der Waals surface area contributed by atoms with Gasteiger partial charge in [0.05, 0.1) is 16.3 Å². The zero-order valence-corrected chi connectivity index (χ0v) is 17.8. The van der Waals surface area contributed by atoms with Crippen LogP contribution in [0.15, 0.2) is 78.0 Å². The van der Waals surface area contributed by atoms with Gasteiger partial charge in [0.15, 0.2) is 11.0 Å². The maximum Gasteiger partial charge on any atom is 0.335 e. The Kier molecular flexibility index (Phi) is 6.08. The molecule has 0 atom stereocenters. The topological polar surface area (TPSA) is 68.0 Å². The normalized spacial score (nSPS) is 10.9. The standard InChI is InChI=1S/C22H15Cl2N3O2S/c23-16-4-3-5-17(12-16)27-20(18-6-1-2-7-19(18)24)25-26-22(27)30-13-14-8-10-15(11-9-14)21(28)29/h1-12H,13H2,(H,28,29). The van der Waals surface area contributed by atoms with Crippen molar-refractivity contribution in [3.8, 4) is 17.1 Å². The highest BCUT2D eigenvalue weighted by Gasteiger charge is 2.18. The third-order valence-electron chi connectivity index (χ3n) is 4.38. The molecule has 0 aliphatic carbocycles. The van der Waals surface area contributed by atoms with Gasteiger partial charge in [0.2, 0.25) is 0 Å². The Morgan fingerprint density at radius 2 is 1.73 bits per heavy atom. The van der Waals surface area contributed by atoms with Crippen LogP contribution in [-0.2, 0) is 5.75 Å². The van der Waals surface area contributed by atoms with Crippen molar-refractivity contribution in [1.82, 2.24) is 14.8 Å². The quantitative estimate of drug-likeness (QED) is 0.348. The van der Waals surface area contributed by atoms with Crippen LogP contribution in [0.5, 0.6) is 0 Å². The van der Waals surface area contributed by atoms with Crippen molar-refractivity contribution in [3.05, 3.63) is 94.0 Å². The lowest BCUT2D eigenvalue weighted by atomic mass is 10.1. The first kappa shape index (κ1) is 20.5. The van der Waals surface area contributed by atoms with E-state index in [4.69, 9.17) is 28.3 Å². The highest BCUT2D eigenvalue weighted by atomic mass is 35.5. The van der Waals surface area contributed by atoms with Crippen molar-refractivity contribution < 1.29 is 9.90 Å². The van der Waals surface area contributed by atoms with E-state index in [-0.39, 0.29) is 5.56 Å². The lowest BCUT2D eigenvalue weighted by molar-refractivity contribution is 0.0697. The lowest BCUT2D eigenvalue weighted by Crippen LogP contribution is -2.00. The lowest BCUT2D eigenvalue weighted by Gasteiger charge is -2.11. The average molecular weight is 456 g/mol. The number of carboxylic acids is 1. The van der Waals surface area contributed by atoms with Gasteiger partial charge in [-0.05, 0) is 48.0 Å². The van der Waals surface area contributed by atoms with Crippen LogP contribution in [0.1, 0.15) is 15.9 Å². The Hall–Kier alpha value is -2.80. The zero-order chi connectivity index (χ0) is 21.1. The summed E-state index contributed by atoms with van der Waals surface area (Å²) < 4.78 is 1.92. The summed E-state index contributed by atoms with van der Waals surface area (Å²) in [7, 11) is 0. The highest BCUT2D eigenvalue weighted by molar-refractivity contribution is 7.98. The van der Waals surface area contributed by atoms with E-state index in [1.807, 2.05) is 47.0 Å². The number of nitrogens with zero attached hydrogens (tertiary/aromatic N) is 3. The van der Waals surface area contributed by atoms with Crippen LogP contribution in [0.3, 0.4) is 0 Å². The van der Waals surface area contributed by atoms with Gasteiger partial charge in [-0.3, -0.25) is 4.57 Å². The van der Waals surface area contributed by atoms with E-state index < -0.39 is 5.97 Å². The van der Waals surface area contributed by atoms with Crippen LogP contribution in [0, 0.1) is 0 Å². The first-order valence-corrected chi connectivity index (χ1v) is 10.7. The van der Waals surface area contributed by atoms with E-state index in [0.717, 1.165) is 16.8 Å². The molecule has 4 rings (SSSR count). The third kappa shape index (κ3) is 4.36. The predicted molar refractivity (Wildman–Crippen MR) is 120 cm³/mol. The minimum absolute atomic E-state index is 0.256. The summed E-state index contributed by atoms with van der Waals surface area (Å²) in [5.41, 5.74) is 2.83. The Labute approximate surface area is 187 Å². The Balaban J connectivity index is 1.71. The van der Waals surface area contributed by atoms with Gasteiger partial charge in [0, 0.05) is 16.3 Å². The zero-order valence-electron chi connectivity index (χ0n) is 15.5. The predicted octanol–water partition coefficient (Wildman–Crippen LogP) is 6.23. The number of hydrogen-bond acceptors (Lipinski definition) is 4. The van der Waals surface area contributed by atoms with Crippen molar-refractivity contribution in [3.63, 3.8) is 0 Å². The van der Waals surface area contributed by atoms with E-state index >= 15 is 0 Å². The van der Waals surface area contributed by atoms with Crippen molar-refractivity contribution in [2.24, 2.45) is 0 Å². The molecule has 0 spiro atoms. The molecule has 1 N–H and O–H groups in total. The molecule has 150 valence electrons. The van der Waals surface area contributed by atoms with Crippen LogP contribution in [0.4, 0.5) is 0 Å². The molecule has 0 radical (unpaired) electrons. The molecule has 0 amide bonds. The van der Waals surface area contributed by atoms with Crippen molar-refractivity contribution in [1.29, 1.82) is 0 Å². The molecule has 30 heavy (non-hydrogen) atoms. The fourth-order valence-electron chi connectivity index (χ4n) is 2.92. The molecular formula is C22H15Cl2N3O2S. The van der Waals surface area contributed by atoms with Crippen LogP contribution < -0.4 is 0 Å². The molecule has 1 heterocycles. The number of thioether (sulfide) groups is 1. The van der Waals surface area contributed by atoms with E-state index in [1.165, 1.54) is 11.8 Å². The number of carbonyl (C=O) groups is 1. The van der Waals surface area contributed by atoms with Gasteiger partial charge in [-0.25, -0.2) is 4.79 Å². The monoisotopic (exact) mass is 455 g/mol. The molecule has 0 aliphatic rings. The molecule has 3 aromatic carbocycles. The largest absolute Gasteiger partial charge is 0.478 e. The van der Waals surface area contributed by atoms with Crippen LogP contribution in [0.2, 0.25) is 10.0 Å². The summed E-state index contributed by atoms with van der Waals surface area (Å²) in [6, 6.07) is 21.7. The summed E-state index contributed by atoms with van der Waals surface area (Å²) in [4.78, 5) is 11.0. The molecular weight excluding hydrogens is 441 g/mol. The number of carboxylic acid groups (broad SMARTS) is 1. The van der Waals surface area contributed by atoms with E-state index in [0.29, 0.717) is 26.8 Å². The smallest absolute Gasteiger partial charge is 0.335 e. The number of benzene rings is 3. The van der Waals surface area contributed by atoms with E-state index in [1.54, 1.807) is 30.3 Å². The summed E-state index contributed by atoms with van der Waals surface area (Å²) >= 11 is 14.1. The van der Waals surface area contributed by atoms with Crippen LogP contribution in [-0.4, -0.2) is 25.8 Å². The molecule has 0 saturated heterocycles. The van der Waals surface area contributed by atoms with Crippen molar-refractivity contribution >= 4 is 40.9 Å². The van der Waals surface area contributed by atoms with Crippen LogP contribution in [0.25, 0.3) is 17.1 Å². The summed E-state index contributed by atoms with van der Waals surface area (Å²) in [5, 5.41) is 19.7. The van der Waals surface area contributed by atoms with E-state index in [2.05, 4.69) is 10.2 Å².